The zero-order valence-electron chi connectivity index (χ0n) is 27.8. The molecule has 2 aromatic carbocycles. The molecule has 2 heterocycles. The largest absolute Gasteiger partial charge is 0.490 e. The second-order valence-corrected chi connectivity index (χ2v) is 10.3. The summed E-state index contributed by atoms with van der Waals surface area (Å²) >= 11 is 0. The van der Waals surface area contributed by atoms with Crippen molar-refractivity contribution in [2.24, 2.45) is 11.5 Å². The number of nitrogens with zero attached hydrogens (tertiary/aromatic N) is 2. The smallest absolute Gasteiger partial charge is 0.475 e. The van der Waals surface area contributed by atoms with Crippen molar-refractivity contribution in [3.63, 3.8) is 0 Å². The van der Waals surface area contributed by atoms with E-state index in [1.165, 1.54) is 26.4 Å². The lowest BCUT2D eigenvalue weighted by Gasteiger charge is -2.08. The van der Waals surface area contributed by atoms with E-state index in [9.17, 15) is 32.3 Å². The Morgan fingerprint density at radius 1 is 0.667 bits per heavy atom. The highest BCUT2D eigenvalue weighted by Crippen LogP contribution is 2.15. The highest BCUT2D eigenvalue weighted by molar-refractivity contribution is 6.06. The Morgan fingerprint density at radius 2 is 1.00 bits per heavy atom. The van der Waals surface area contributed by atoms with Crippen LogP contribution in [0, 0.1) is 13.8 Å². The summed E-state index contributed by atoms with van der Waals surface area (Å²) in [6.45, 7) is 4.38. The van der Waals surface area contributed by atoms with Gasteiger partial charge < -0.3 is 36.7 Å². The lowest BCUT2D eigenvalue weighted by Crippen LogP contribution is -2.21. The van der Waals surface area contributed by atoms with Gasteiger partial charge in [-0.2, -0.15) is 13.2 Å². The van der Waals surface area contributed by atoms with Crippen LogP contribution in [0.15, 0.2) is 72.8 Å². The van der Waals surface area contributed by atoms with E-state index in [-0.39, 0.29) is 11.8 Å². The number of anilines is 2. The molecule has 0 spiro atoms. The van der Waals surface area contributed by atoms with Gasteiger partial charge in [0.05, 0.1) is 25.3 Å². The van der Waals surface area contributed by atoms with Crippen LogP contribution in [-0.2, 0) is 27.4 Å². The first-order chi connectivity index (χ1) is 24.0. The average molecular weight is 713 g/mol. The predicted molar refractivity (Wildman–Crippen MR) is 179 cm³/mol. The SMILES string of the molecule is COC(=O)c1cccc(C(=O)Nc2cc(CN)cc(C)n2)c1.COC(=O)c1cccc(C(=O)Nc2cc(CN)cc(C)n2)c1.O=C(O)C(F)(F)F. The van der Waals surface area contributed by atoms with Crippen LogP contribution in [0.4, 0.5) is 24.8 Å². The van der Waals surface area contributed by atoms with Crippen LogP contribution in [0.3, 0.4) is 0 Å². The topological polar surface area (TPSA) is 226 Å². The van der Waals surface area contributed by atoms with Crippen LogP contribution >= 0.6 is 0 Å². The molecule has 14 nitrogen and oxygen atoms in total. The number of nitrogens with two attached hydrogens (primary N) is 2. The summed E-state index contributed by atoms with van der Waals surface area (Å²) in [5.41, 5.74) is 15.8. The molecule has 270 valence electrons. The van der Waals surface area contributed by atoms with Gasteiger partial charge in [0, 0.05) is 35.6 Å². The number of methoxy groups -OCH3 is 2. The number of aliphatic carboxylic acids is 1. The number of ether oxygens (including phenoxy) is 2. The Hall–Kier alpha value is -6.20. The third kappa shape index (κ3) is 13.3. The number of pyridine rings is 2. The number of hydrogen-bond acceptors (Lipinski definition) is 11. The van der Waals surface area contributed by atoms with E-state index < -0.39 is 24.1 Å². The van der Waals surface area contributed by atoms with Crippen LogP contribution in [0.5, 0.6) is 0 Å². The number of rotatable bonds is 8. The van der Waals surface area contributed by atoms with Crippen molar-refractivity contribution in [1.82, 2.24) is 9.97 Å². The molecule has 51 heavy (non-hydrogen) atoms. The maximum atomic E-state index is 12.3. The van der Waals surface area contributed by atoms with Crippen LogP contribution in [0.25, 0.3) is 0 Å². The molecule has 2 aromatic heterocycles. The number of esters is 2. The van der Waals surface area contributed by atoms with Crippen molar-refractivity contribution >= 4 is 41.4 Å². The van der Waals surface area contributed by atoms with Crippen molar-refractivity contribution < 1.29 is 51.7 Å². The van der Waals surface area contributed by atoms with E-state index in [4.69, 9.17) is 21.4 Å². The fourth-order valence-corrected chi connectivity index (χ4v) is 4.03. The standard InChI is InChI=1S/2C16H17N3O3.C2HF3O2/c2*1-10-6-11(9-17)7-14(18-10)19-15(20)12-4-3-5-13(8-12)16(21)22-2;3-2(4,5)1(6)7/h2*3-8H,9,17H2,1-2H3,(H,18,19,20);(H,6,7). The van der Waals surface area contributed by atoms with Crippen molar-refractivity contribution in [3.8, 4) is 0 Å². The average Bonchev–Trinajstić information content (AvgIpc) is 3.10. The van der Waals surface area contributed by atoms with E-state index in [2.05, 4.69) is 30.1 Å². The zero-order valence-corrected chi connectivity index (χ0v) is 27.8. The molecule has 4 aromatic rings. The number of halogens is 3. The fraction of sp³-hybridized carbons (Fsp3) is 0.206. The van der Waals surface area contributed by atoms with E-state index in [0.717, 1.165) is 22.5 Å². The number of alkyl halides is 3. The number of aryl methyl sites for hydroxylation is 2. The van der Waals surface area contributed by atoms with Gasteiger partial charge in [0.1, 0.15) is 11.6 Å². The molecule has 4 rings (SSSR count). The van der Waals surface area contributed by atoms with Crippen LogP contribution < -0.4 is 22.1 Å². The molecule has 0 saturated carbocycles. The minimum Gasteiger partial charge on any atom is -0.475 e. The summed E-state index contributed by atoms with van der Waals surface area (Å²) in [6, 6.07) is 19.7. The number of nitrogens with one attached hydrogen (secondary N) is 2. The lowest BCUT2D eigenvalue weighted by molar-refractivity contribution is -0.192. The third-order valence-electron chi connectivity index (χ3n) is 6.32. The van der Waals surface area contributed by atoms with Crippen molar-refractivity contribution in [2.45, 2.75) is 33.1 Å². The Bertz CT molecular complexity index is 1760. The molecule has 0 unspecified atom stereocenters. The highest BCUT2D eigenvalue weighted by atomic mass is 19.4. The molecule has 0 aliphatic heterocycles. The normalized spacial score (nSPS) is 10.3. The number of hydrogen-bond donors (Lipinski definition) is 5. The van der Waals surface area contributed by atoms with Gasteiger partial charge >= 0.3 is 24.1 Å². The summed E-state index contributed by atoms with van der Waals surface area (Å²) in [5.74, 6) is -3.60. The molecule has 0 fully saturated rings. The number of aromatic nitrogens is 2. The van der Waals surface area contributed by atoms with E-state index >= 15 is 0 Å². The van der Waals surface area contributed by atoms with Gasteiger partial charge in [-0.05, 0) is 85.6 Å². The first kappa shape index (κ1) is 41.0. The minimum atomic E-state index is -5.08. The molecular formula is C34H35F3N6O8. The monoisotopic (exact) mass is 712 g/mol. The van der Waals surface area contributed by atoms with Gasteiger partial charge in [-0.15, -0.1) is 0 Å². The summed E-state index contributed by atoms with van der Waals surface area (Å²) in [5, 5.41) is 12.5. The van der Waals surface area contributed by atoms with Gasteiger partial charge in [-0.3, -0.25) is 9.59 Å². The number of amides is 2. The Morgan fingerprint density at radius 3 is 1.29 bits per heavy atom. The van der Waals surface area contributed by atoms with E-state index in [1.54, 1.807) is 48.5 Å². The van der Waals surface area contributed by atoms with Crippen molar-refractivity contribution in [2.75, 3.05) is 24.9 Å². The van der Waals surface area contributed by atoms with Gasteiger partial charge in [-0.1, -0.05) is 12.1 Å². The van der Waals surface area contributed by atoms with Gasteiger partial charge in [0.15, 0.2) is 0 Å². The highest BCUT2D eigenvalue weighted by Gasteiger charge is 2.38. The number of carbonyl (C=O) groups is 5. The molecule has 0 bridgehead atoms. The molecule has 7 N–H and O–H groups in total. The quantitative estimate of drug-likeness (QED) is 0.160. The predicted octanol–water partition coefficient (Wildman–Crippen LogP) is 4.41. The Balaban J connectivity index is 0.000000299. The first-order valence-corrected chi connectivity index (χ1v) is 14.7. The zero-order chi connectivity index (χ0) is 38.3. The first-order valence-electron chi connectivity index (χ1n) is 14.7. The molecule has 0 aliphatic carbocycles. The number of benzene rings is 2. The number of carboxylic acids is 1. The summed E-state index contributed by atoms with van der Waals surface area (Å²) in [6.07, 6.45) is -5.08. The second kappa shape index (κ2) is 19.1. The fourth-order valence-electron chi connectivity index (χ4n) is 4.03. The molecule has 0 saturated heterocycles. The maximum Gasteiger partial charge on any atom is 0.490 e. The number of carboxylic acid groups (broad SMARTS) is 1. The third-order valence-corrected chi connectivity index (χ3v) is 6.32. The van der Waals surface area contributed by atoms with Crippen LogP contribution in [0.2, 0.25) is 0 Å². The van der Waals surface area contributed by atoms with Gasteiger partial charge in [-0.25, -0.2) is 24.4 Å². The summed E-state index contributed by atoms with van der Waals surface area (Å²) < 4.78 is 41.0. The number of carbonyl (C=O) groups excluding carboxylic acids is 4. The van der Waals surface area contributed by atoms with Crippen LogP contribution in [0.1, 0.15) is 63.9 Å². The van der Waals surface area contributed by atoms with Gasteiger partial charge in [0.2, 0.25) is 0 Å². The van der Waals surface area contributed by atoms with Crippen molar-refractivity contribution in [3.05, 3.63) is 118 Å². The second-order valence-electron chi connectivity index (χ2n) is 10.3. The van der Waals surface area contributed by atoms with Crippen LogP contribution in [-0.4, -0.2) is 65.2 Å². The minimum absolute atomic E-state index is 0.315. The molecule has 17 heteroatoms. The Kier molecular flexibility index (Phi) is 15.4. The molecule has 0 radical (unpaired) electrons. The maximum absolute atomic E-state index is 12.3. The molecule has 2 amide bonds. The summed E-state index contributed by atoms with van der Waals surface area (Å²) in [7, 11) is 2.58. The van der Waals surface area contributed by atoms with Gasteiger partial charge in [0.25, 0.3) is 11.8 Å². The van der Waals surface area contributed by atoms with E-state index in [0.29, 0.717) is 47.0 Å². The molecular weight excluding hydrogens is 677 g/mol. The Labute approximate surface area is 290 Å². The van der Waals surface area contributed by atoms with E-state index in [1.807, 2.05) is 26.0 Å². The molecule has 0 atom stereocenters. The summed E-state index contributed by atoms with van der Waals surface area (Å²) in [4.78, 5) is 64.9. The van der Waals surface area contributed by atoms with Crippen molar-refractivity contribution in [1.29, 1.82) is 0 Å². The molecule has 0 aliphatic rings. The lowest BCUT2D eigenvalue weighted by atomic mass is 10.1.